The van der Waals surface area contributed by atoms with Gasteiger partial charge in [-0.3, -0.25) is 4.79 Å². The van der Waals surface area contributed by atoms with Gasteiger partial charge in [0.15, 0.2) is 0 Å². The van der Waals surface area contributed by atoms with E-state index in [1.807, 2.05) is 0 Å². The first-order valence-electron chi connectivity index (χ1n) is 8.78. The van der Waals surface area contributed by atoms with E-state index in [0.29, 0.717) is 6.42 Å². The Labute approximate surface area is 141 Å². The van der Waals surface area contributed by atoms with E-state index in [1.54, 1.807) is 11.8 Å². The molecule has 0 aromatic carbocycles. The highest BCUT2D eigenvalue weighted by Gasteiger charge is 2.15. The molecule has 0 aliphatic heterocycles. The van der Waals surface area contributed by atoms with Gasteiger partial charge in [-0.1, -0.05) is 64.7 Å². The Hall–Kier alpha value is -0.220. The molecule has 0 saturated carbocycles. The highest BCUT2D eigenvalue weighted by Crippen LogP contribution is 2.20. The molecule has 0 bridgehead atoms. The van der Waals surface area contributed by atoms with Gasteiger partial charge in [-0.2, -0.15) is 0 Å². The van der Waals surface area contributed by atoms with Crippen LogP contribution < -0.4 is 0 Å². The van der Waals surface area contributed by atoms with E-state index in [1.165, 1.54) is 64.7 Å². The van der Waals surface area contributed by atoms with Crippen LogP contribution >= 0.6 is 11.8 Å². The topological polar surface area (TPSA) is 46.5 Å². The Balaban J connectivity index is 3.43. The molecule has 1 N–H and O–H groups in total. The van der Waals surface area contributed by atoms with Crippen LogP contribution in [0.1, 0.15) is 84.5 Å². The average Bonchev–Trinajstić information content (AvgIpc) is 2.43. The van der Waals surface area contributed by atoms with Crippen LogP contribution in [0.15, 0.2) is 0 Å². The zero-order chi connectivity index (χ0) is 16.6. The fourth-order valence-electron chi connectivity index (χ4n) is 2.34. The molecule has 0 aliphatic rings. The van der Waals surface area contributed by atoms with Crippen molar-refractivity contribution < 1.29 is 14.6 Å². The Bertz CT molecular complexity index is 257. The average molecular weight is 331 g/mol. The van der Waals surface area contributed by atoms with Crippen LogP contribution in [-0.2, 0) is 9.53 Å². The van der Waals surface area contributed by atoms with E-state index in [-0.39, 0.29) is 11.4 Å². The SMILES string of the molecule is [CH]C(O)CC(OC(C)=O)SCCCCCCCCCCCC. The standard InChI is InChI=1S/C18H34O3S/c1-4-5-6-7-8-9-10-11-12-13-14-22-18(15-16(2)19)21-17(3)20/h2,16,18-19H,4-15H2,1,3H3. The molecule has 0 rings (SSSR count). The number of hydrogen-bond donors (Lipinski definition) is 1. The van der Waals surface area contributed by atoms with Gasteiger partial charge in [0.1, 0.15) is 5.44 Å². The molecule has 2 unspecified atom stereocenters. The molecule has 2 radical (unpaired) electrons. The van der Waals surface area contributed by atoms with E-state index in [0.717, 1.165) is 12.2 Å². The molecule has 0 fully saturated rings. The molecule has 4 heteroatoms. The number of thioether (sulfide) groups is 1. The third-order valence-corrected chi connectivity index (χ3v) is 4.72. The van der Waals surface area contributed by atoms with Crippen molar-refractivity contribution in [3.8, 4) is 0 Å². The summed E-state index contributed by atoms with van der Waals surface area (Å²) in [5, 5.41) is 9.19. The van der Waals surface area contributed by atoms with Crippen LogP contribution in [0.25, 0.3) is 0 Å². The quantitative estimate of drug-likeness (QED) is 0.261. The lowest BCUT2D eigenvalue weighted by Crippen LogP contribution is -2.18. The summed E-state index contributed by atoms with van der Waals surface area (Å²) in [4.78, 5) is 11.0. The number of carbonyl (C=O) groups excluding carboxylic acids is 1. The first kappa shape index (κ1) is 21.8. The van der Waals surface area contributed by atoms with Crippen LogP contribution in [-0.4, -0.2) is 28.4 Å². The predicted molar refractivity (Wildman–Crippen MR) is 94.8 cm³/mol. The Morgan fingerprint density at radius 1 is 1.05 bits per heavy atom. The summed E-state index contributed by atoms with van der Waals surface area (Å²) in [6.07, 6.45) is 12.5. The van der Waals surface area contributed by atoms with E-state index < -0.39 is 6.10 Å². The maximum absolute atomic E-state index is 11.0. The first-order valence-corrected chi connectivity index (χ1v) is 9.83. The number of aliphatic hydroxyl groups excluding tert-OH is 1. The van der Waals surface area contributed by atoms with Crippen molar-refractivity contribution in [2.75, 3.05) is 5.75 Å². The molecule has 2 atom stereocenters. The minimum atomic E-state index is -0.926. The number of unbranched alkanes of at least 4 members (excludes halogenated alkanes) is 9. The van der Waals surface area contributed by atoms with Gasteiger partial charge in [0.2, 0.25) is 0 Å². The molecule has 0 aliphatic carbocycles. The summed E-state index contributed by atoms with van der Waals surface area (Å²) in [5.74, 6) is 0.627. The van der Waals surface area contributed by atoms with Gasteiger partial charge in [0.05, 0.1) is 6.10 Å². The Kier molecular flexibility index (Phi) is 15.5. The lowest BCUT2D eigenvalue weighted by atomic mass is 10.1. The molecular weight excluding hydrogens is 296 g/mol. The molecule has 130 valence electrons. The normalized spacial score (nSPS) is 13.8. The number of carbonyl (C=O) groups is 1. The largest absolute Gasteiger partial charge is 0.451 e. The highest BCUT2D eigenvalue weighted by atomic mass is 32.2. The van der Waals surface area contributed by atoms with Crippen molar-refractivity contribution in [2.45, 2.75) is 96.0 Å². The van der Waals surface area contributed by atoms with Gasteiger partial charge in [-0.25, -0.2) is 0 Å². The lowest BCUT2D eigenvalue weighted by molar-refractivity contribution is -0.143. The summed E-state index contributed by atoms with van der Waals surface area (Å²) in [6.45, 7) is 8.98. The van der Waals surface area contributed by atoms with Gasteiger partial charge in [0.25, 0.3) is 0 Å². The fraction of sp³-hybridized carbons (Fsp3) is 0.889. The van der Waals surface area contributed by atoms with Crippen molar-refractivity contribution in [1.29, 1.82) is 0 Å². The molecule has 0 amide bonds. The summed E-state index contributed by atoms with van der Waals surface area (Å²) in [6, 6.07) is 0. The van der Waals surface area contributed by atoms with E-state index in [9.17, 15) is 9.90 Å². The fourth-order valence-corrected chi connectivity index (χ4v) is 3.51. The van der Waals surface area contributed by atoms with Gasteiger partial charge in [0, 0.05) is 13.3 Å². The number of esters is 1. The zero-order valence-electron chi connectivity index (χ0n) is 14.4. The van der Waals surface area contributed by atoms with Crippen LogP contribution in [0, 0.1) is 6.92 Å². The first-order chi connectivity index (χ1) is 10.6. The van der Waals surface area contributed by atoms with E-state index >= 15 is 0 Å². The minimum Gasteiger partial charge on any atom is -0.451 e. The third kappa shape index (κ3) is 16.2. The van der Waals surface area contributed by atoms with Crippen molar-refractivity contribution in [1.82, 2.24) is 0 Å². The Morgan fingerprint density at radius 2 is 1.55 bits per heavy atom. The summed E-state index contributed by atoms with van der Waals surface area (Å²) < 4.78 is 5.14. The molecule has 0 heterocycles. The van der Waals surface area contributed by atoms with Crippen molar-refractivity contribution >= 4 is 17.7 Å². The molecule has 0 aromatic heterocycles. The van der Waals surface area contributed by atoms with Gasteiger partial charge in [-0.15, -0.1) is 11.8 Å². The van der Waals surface area contributed by atoms with Crippen LogP contribution in [0.3, 0.4) is 0 Å². The van der Waals surface area contributed by atoms with E-state index in [4.69, 9.17) is 11.7 Å². The lowest BCUT2D eigenvalue weighted by Gasteiger charge is -2.17. The number of ether oxygens (including phenoxy) is 1. The van der Waals surface area contributed by atoms with Crippen molar-refractivity contribution in [3.05, 3.63) is 6.92 Å². The van der Waals surface area contributed by atoms with Gasteiger partial charge in [-0.05, 0) is 19.1 Å². The second-order valence-electron chi connectivity index (χ2n) is 5.89. The zero-order valence-corrected chi connectivity index (χ0v) is 15.2. The maximum Gasteiger partial charge on any atom is 0.303 e. The number of aliphatic hydroxyl groups is 1. The molecule has 0 aromatic rings. The van der Waals surface area contributed by atoms with Crippen LogP contribution in [0.4, 0.5) is 0 Å². The molecular formula is C18H34O3S. The van der Waals surface area contributed by atoms with Crippen LogP contribution in [0.5, 0.6) is 0 Å². The second kappa shape index (κ2) is 15.7. The molecule has 0 spiro atoms. The molecule has 3 nitrogen and oxygen atoms in total. The van der Waals surface area contributed by atoms with Gasteiger partial charge >= 0.3 is 5.97 Å². The second-order valence-corrected chi connectivity index (χ2v) is 7.16. The summed E-state index contributed by atoms with van der Waals surface area (Å²) in [7, 11) is 0. The summed E-state index contributed by atoms with van der Waals surface area (Å²) >= 11 is 1.57. The van der Waals surface area contributed by atoms with Crippen molar-refractivity contribution in [2.24, 2.45) is 0 Å². The van der Waals surface area contributed by atoms with Gasteiger partial charge < -0.3 is 9.84 Å². The van der Waals surface area contributed by atoms with Crippen molar-refractivity contribution in [3.63, 3.8) is 0 Å². The predicted octanol–water partition coefficient (Wildman–Crippen LogP) is 4.99. The number of rotatable bonds is 15. The minimum absolute atomic E-state index is 0.294. The number of hydrogen-bond acceptors (Lipinski definition) is 4. The smallest absolute Gasteiger partial charge is 0.303 e. The maximum atomic E-state index is 11.0. The highest BCUT2D eigenvalue weighted by molar-refractivity contribution is 7.99. The Morgan fingerprint density at radius 3 is 2.00 bits per heavy atom. The molecule has 22 heavy (non-hydrogen) atoms. The summed E-state index contributed by atoms with van der Waals surface area (Å²) in [5.41, 5.74) is -0.323. The monoisotopic (exact) mass is 330 g/mol. The van der Waals surface area contributed by atoms with E-state index in [2.05, 4.69) is 6.92 Å². The van der Waals surface area contributed by atoms with Crippen LogP contribution in [0.2, 0.25) is 0 Å². The third-order valence-electron chi connectivity index (χ3n) is 3.53. The molecule has 0 saturated heterocycles.